The van der Waals surface area contributed by atoms with E-state index in [0.29, 0.717) is 0 Å². The highest BCUT2D eigenvalue weighted by molar-refractivity contribution is 9.10. The van der Waals surface area contributed by atoms with Crippen LogP contribution in [0.25, 0.3) is 32.8 Å². The first kappa shape index (κ1) is 13.4. The van der Waals surface area contributed by atoms with Gasteiger partial charge < -0.3 is 12.4 Å². The molecule has 4 aromatic rings. The molecule has 4 heteroatoms. The molecule has 0 aliphatic rings. The van der Waals surface area contributed by atoms with Crippen LogP contribution >= 0.6 is 15.9 Å². The summed E-state index contributed by atoms with van der Waals surface area (Å²) in [5.41, 5.74) is 3.56. The van der Waals surface area contributed by atoms with Crippen LogP contribution < -0.4 is 17.0 Å². The van der Waals surface area contributed by atoms with Crippen molar-refractivity contribution in [3.05, 3.63) is 53.0 Å². The fourth-order valence-corrected chi connectivity index (χ4v) is 3.26. The molecule has 0 saturated heterocycles. The average molecular weight is 348 g/mol. The summed E-state index contributed by atoms with van der Waals surface area (Å²) in [5, 5.41) is 3.77. The van der Waals surface area contributed by atoms with E-state index in [9.17, 15) is 0 Å². The van der Waals surface area contributed by atoms with Gasteiger partial charge in [-0.05, 0) is 30.3 Å². The first-order valence-corrected chi connectivity index (χ1v) is 7.03. The smallest absolute Gasteiger partial charge is 0.287 e. The minimum Gasteiger partial charge on any atom is -1.00 e. The fraction of sp³-hybridized carbons (Fsp3) is 0.0625. The van der Waals surface area contributed by atoms with E-state index >= 15 is 0 Å². The second-order valence-electron chi connectivity index (χ2n) is 4.81. The van der Waals surface area contributed by atoms with Crippen LogP contribution in [0.5, 0.6) is 0 Å². The van der Waals surface area contributed by atoms with Crippen molar-refractivity contribution >= 4 is 48.8 Å². The van der Waals surface area contributed by atoms with Gasteiger partial charge in [0, 0.05) is 15.2 Å². The van der Waals surface area contributed by atoms with Gasteiger partial charge in [0.05, 0.1) is 12.4 Å². The molecule has 0 radical (unpaired) electrons. The minimum atomic E-state index is 0. The molecule has 2 nitrogen and oxygen atoms in total. The molecule has 0 unspecified atom stereocenters. The highest BCUT2D eigenvalue weighted by Gasteiger charge is 2.16. The van der Waals surface area contributed by atoms with Crippen LogP contribution in [0, 0.1) is 0 Å². The number of rotatable bonds is 0. The lowest BCUT2D eigenvalue weighted by molar-refractivity contribution is -0.619. The summed E-state index contributed by atoms with van der Waals surface area (Å²) in [6.45, 7) is 0. The van der Waals surface area contributed by atoms with Crippen molar-refractivity contribution < 1.29 is 17.0 Å². The number of pyridine rings is 1. The maximum Gasteiger partial charge on any atom is 0.287 e. The van der Waals surface area contributed by atoms with Gasteiger partial charge in [-0.25, -0.2) is 9.55 Å². The first-order valence-electron chi connectivity index (χ1n) is 6.23. The summed E-state index contributed by atoms with van der Waals surface area (Å²) in [6, 6.07) is 17.0. The van der Waals surface area contributed by atoms with E-state index in [1.54, 1.807) is 0 Å². The molecule has 0 spiro atoms. The molecular formula is C16H12BrClN2. The maximum absolute atomic E-state index is 3.65. The number of aryl methyl sites for hydroxylation is 1. The molecule has 0 aliphatic heterocycles. The van der Waals surface area contributed by atoms with Gasteiger partial charge in [-0.1, -0.05) is 34.1 Å². The third kappa shape index (κ3) is 1.74. The monoisotopic (exact) mass is 346 g/mol. The summed E-state index contributed by atoms with van der Waals surface area (Å²) in [4.78, 5) is 3.51. The molecule has 0 atom stereocenters. The van der Waals surface area contributed by atoms with Crippen molar-refractivity contribution in [3.63, 3.8) is 0 Å². The van der Waals surface area contributed by atoms with Gasteiger partial charge in [0.1, 0.15) is 11.0 Å². The molecule has 0 fully saturated rings. The average Bonchev–Trinajstić information content (AvgIpc) is 2.80. The van der Waals surface area contributed by atoms with Crippen LogP contribution in [0.15, 0.2) is 53.0 Å². The molecule has 20 heavy (non-hydrogen) atoms. The Bertz CT molecular complexity index is 943. The SMILES string of the molecule is C[n+]1c2cccc(Br)c2cc2c3ccccc3[nH]c21.[Cl-]. The number of para-hydroxylation sites is 1. The molecular weight excluding hydrogens is 336 g/mol. The van der Waals surface area contributed by atoms with Crippen LogP contribution in [0.1, 0.15) is 0 Å². The molecule has 2 aromatic carbocycles. The lowest BCUT2D eigenvalue weighted by Crippen LogP contribution is -3.00. The van der Waals surface area contributed by atoms with E-state index in [0.717, 1.165) is 10.1 Å². The highest BCUT2D eigenvalue weighted by atomic mass is 79.9. The Morgan fingerprint density at radius 1 is 0.950 bits per heavy atom. The Morgan fingerprint density at radius 2 is 1.75 bits per heavy atom. The van der Waals surface area contributed by atoms with Gasteiger partial charge >= 0.3 is 0 Å². The van der Waals surface area contributed by atoms with Crippen LogP contribution in [-0.4, -0.2) is 4.98 Å². The third-order valence-corrected chi connectivity index (χ3v) is 4.43. The van der Waals surface area contributed by atoms with Gasteiger partial charge in [0.25, 0.3) is 5.65 Å². The van der Waals surface area contributed by atoms with Gasteiger partial charge in [-0.2, -0.15) is 0 Å². The Balaban J connectivity index is 0.00000121. The van der Waals surface area contributed by atoms with Crippen LogP contribution in [0.2, 0.25) is 0 Å². The summed E-state index contributed by atoms with van der Waals surface area (Å²) < 4.78 is 3.35. The quantitative estimate of drug-likeness (QED) is 0.459. The number of nitrogens with one attached hydrogen (secondary N) is 1. The largest absolute Gasteiger partial charge is 1.00 e. The van der Waals surface area contributed by atoms with E-state index in [1.165, 1.54) is 27.2 Å². The Morgan fingerprint density at radius 3 is 2.60 bits per heavy atom. The van der Waals surface area contributed by atoms with Crippen molar-refractivity contribution in [1.82, 2.24) is 4.98 Å². The van der Waals surface area contributed by atoms with Gasteiger partial charge in [-0.15, -0.1) is 0 Å². The first-order chi connectivity index (χ1) is 9.25. The minimum absolute atomic E-state index is 0. The Hall–Kier alpha value is -1.58. The van der Waals surface area contributed by atoms with Gasteiger partial charge in [0.15, 0.2) is 0 Å². The zero-order valence-corrected chi connectivity index (χ0v) is 13.2. The number of aromatic nitrogens is 2. The third-order valence-electron chi connectivity index (χ3n) is 3.74. The second kappa shape index (κ2) is 4.76. The van der Waals surface area contributed by atoms with Crippen molar-refractivity contribution in [3.8, 4) is 0 Å². The van der Waals surface area contributed by atoms with Crippen molar-refractivity contribution in [2.75, 3.05) is 0 Å². The van der Waals surface area contributed by atoms with Crippen molar-refractivity contribution in [2.45, 2.75) is 0 Å². The Kier molecular flexibility index (Phi) is 3.19. The summed E-state index contributed by atoms with van der Waals surface area (Å²) >= 11 is 3.65. The number of hydrogen-bond acceptors (Lipinski definition) is 0. The number of H-pyrrole nitrogens is 1. The van der Waals surface area contributed by atoms with Crippen molar-refractivity contribution in [2.24, 2.45) is 7.05 Å². The molecule has 100 valence electrons. The summed E-state index contributed by atoms with van der Waals surface area (Å²) in [6.07, 6.45) is 0. The van der Waals surface area contributed by atoms with Crippen molar-refractivity contribution in [1.29, 1.82) is 0 Å². The number of nitrogens with zero attached hydrogens (tertiary/aromatic N) is 1. The van der Waals surface area contributed by atoms with E-state index in [2.05, 4.69) is 81.1 Å². The van der Waals surface area contributed by atoms with E-state index in [4.69, 9.17) is 0 Å². The molecule has 0 bridgehead atoms. The van der Waals surface area contributed by atoms with Crippen LogP contribution in [0.4, 0.5) is 0 Å². The van der Waals surface area contributed by atoms with Gasteiger partial charge in [-0.3, -0.25) is 0 Å². The number of fused-ring (bicyclic) bond motifs is 4. The standard InChI is InChI=1S/C16H11BrN2.ClH/c1-19-15-8-4-6-13(17)12(15)9-11-10-5-2-3-7-14(10)18-16(11)19;/h2-9H,1H3;1H. The van der Waals surface area contributed by atoms with Crippen LogP contribution in [-0.2, 0) is 7.05 Å². The summed E-state index contributed by atoms with van der Waals surface area (Å²) in [7, 11) is 2.10. The highest BCUT2D eigenvalue weighted by Crippen LogP contribution is 2.29. The molecule has 0 aliphatic carbocycles. The van der Waals surface area contributed by atoms with E-state index in [1.807, 2.05) is 0 Å². The second-order valence-corrected chi connectivity index (χ2v) is 5.66. The molecule has 2 heterocycles. The van der Waals surface area contributed by atoms with E-state index < -0.39 is 0 Å². The van der Waals surface area contributed by atoms with Gasteiger partial charge in [0.2, 0.25) is 0 Å². The predicted molar refractivity (Wildman–Crippen MR) is 82.2 cm³/mol. The molecule has 0 saturated carbocycles. The topological polar surface area (TPSA) is 19.7 Å². The molecule has 2 aromatic heterocycles. The number of halogens is 2. The number of aromatic amines is 1. The number of hydrogen-bond donors (Lipinski definition) is 1. The zero-order valence-electron chi connectivity index (χ0n) is 10.8. The Labute approximate surface area is 131 Å². The summed E-state index contributed by atoms with van der Waals surface area (Å²) in [5.74, 6) is 0. The molecule has 0 amide bonds. The zero-order chi connectivity index (χ0) is 13.0. The lowest BCUT2D eigenvalue weighted by Gasteiger charge is -2.02. The fourth-order valence-electron chi connectivity index (χ4n) is 2.79. The normalized spacial score (nSPS) is 11.1. The lowest BCUT2D eigenvalue weighted by atomic mass is 10.1. The molecule has 4 rings (SSSR count). The van der Waals surface area contributed by atoms with E-state index in [-0.39, 0.29) is 12.4 Å². The predicted octanol–water partition coefficient (Wildman–Crippen LogP) is 1.07. The van der Waals surface area contributed by atoms with Crippen LogP contribution in [0.3, 0.4) is 0 Å². The molecule has 1 N–H and O–H groups in total. The maximum atomic E-state index is 3.65. The number of benzene rings is 2.